The van der Waals surface area contributed by atoms with Crippen LogP contribution in [-0.4, -0.2) is 36.6 Å². The number of benzene rings is 2. The lowest BCUT2D eigenvalue weighted by atomic mass is 10.1. The second-order valence-electron chi connectivity index (χ2n) is 6.14. The van der Waals surface area contributed by atoms with Crippen LogP contribution in [0.2, 0.25) is 0 Å². The van der Waals surface area contributed by atoms with E-state index < -0.39 is 0 Å². The van der Waals surface area contributed by atoms with Crippen LogP contribution in [0.3, 0.4) is 0 Å². The Balaban J connectivity index is 1.59. The van der Waals surface area contributed by atoms with Gasteiger partial charge in [-0.25, -0.2) is 0 Å². The first-order valence-electron chi connectivity index (χ1n) is 8.46. The number of carbonyl (C=O) groups excluding carboxylic acids is 1. The molecule has 1 amide bonds. The van der Waals surface area contributed by atoms with Gasteiger partial charge in [-0.05, 0) is 17.2 Å². The monoisotopic (exact) mass is 337 g/mol. The Morgan fingerprint density at radius 2 is 1.52 bits per heavy atom. The zero-order valence-corrected chi connectivity index (χ0v) is 14.4. The lowest BCUT2D eigenvalue weighted by Gasteiger charge is -2.35. The number of likely N-dealkylation sites (N-methyl/N-ethyl adjacent to an activating group) is 1. The van der Waals surface area contributed by atoms with Gasteiger partial charge in [0.2, 0.25) is 5.91 Å². The van der Waals surface area contributed by atoms with Gasteiger partial charge in [-0.1, -0.05) is 60.7 Å². The van der Waals surface area contributed by atoms with Crippen molar-refractivity contribution in [3.8, 4) is 0 Å². The fraction of sp³-hybridized carbons (Fsp3) is 0.286. The highest BCUT2D eigenvalue weighted by Crippen LogP contribution is 2.17. The Morgan fingerprint density at radius 1 is 0.920 bits per heavy atom. The topological polar surface area (TPSA) is 38.8 Å². The zero-order valence-electron chi connectivity index (χ0n) is 14.4. The molecule has 0 unspecified atom stereocenters. The molecule has 2 aromatic rings. The minimum atomic E-state index is -0.182. The van der Waals surface area contributed by atoms with Gasteiger partial charge in [0.25, 0.3) is 0 Å². The van der Waals surface area contributed by atoms with E-state index in [0.717, 1.165) is 11.1 Å². The van der Waals surface area contributed by atoms with E-state index in [4.69, 9.17) is 9.47 Å². The summed E-state index contributed by atoms with van der Waals surface area (Å²) < 4.78 is 11.9. The SMILES string of the molecule is CN1C(=O)C=C[C@@H](OCc2ccccc2)[C@H]1COCc1ccccc1. The first kappa shape index (κ1) is 17.4. The highest BCUT2D eigenvalue weighted by molar-refractivity contribution is 5.88. The van der Waals surface area contributed by atoms with Crippen molar-refractivity contribution in [3.05, 3.63) is 83.9 Å². The van der Waals surface area contributed by atoms with E-state index in [1.807, 2.05) is 66.7 Å². The van der Waals surface area contributed by atoms with Crippen LogP contribution in [0.4, 0.5) is 0 Å². The van der Waals surface area contributed by atoms with E-state index in [-0.39, 0.29) is 18.1 Å². The molecule has 0 spiro atoms. The third-order valence-electron chi connectivity index (χ3n) is 4.34. The average Bonchev–Trinajstić information content (AvgIpc) is 2.66. The minimum Gasteiger partial charge on any atom is -0.375 e. The molecular formula is C21H23NO3. The Morgan fingerprint density at radius 3 is 2.16 bits per heavy atom. The van der Waals surface area contributed by atoms with Crippen molar-refractivity contribution in [1.82, 2.24) is 4.90 Å². The van der Waals surface area contributed by atoms with Crippen LogP contribution in [0.5, 0.6) is 0 Å². The third-order valence-corrected chi connectivity index (χ3v) is 4.34. The van der Waals surface area contributed by atoms with E-state index >= 15 is 0 Å². The van der Waals surface area contributed by atoms with Crippen LogP contribution < -0.4 is 0 Å². The van der Waals surface area contributed by atoms with Crippen molar-refractivity contribution in [2.45, 2.75) is 25.4 Å². The lowest BCUT2D eigenvalue weighted by Crippen LogP contribution is -2.50. The fourth-order valence-corrected chi connectivity index (χ4v) is 2.82. The van der Waals surface area contributed by atoms with Gasteiger partial charge in [0.05, 0.1) is 32.0 Å². The molecule has 2 atom stereocenters. The van der Waals surface area contributed by atoms with E-state index in [9.17, 15) is 4.79 Å². The van der Waals surface area contributed by atoms with Gasteiger partial charge in [-0.3, -0.25) is 4.79 Å². The molecule has 4 heteroatoms. The number of amides is 1. The summed E-state index contributed by atoms with van der Waals surface area (Å²) in [7, 11) is 1.79. The van der Waals surface area contributed by atoms with E-state index in [1.54, 1.807) is 18.0 Å². The fourth-order valence-electron chi connectivity index (χ4n) is 2.82. The van der Waals surface area contributed by atoms with Crippen LogP contribution in [0.15, 0.2) is 72.8 Å². The zero-order chi connectivity index (χ0) is 17.5. The van der Waals surface area contributed by atoms with Crippen molar-refractivity contribution in [3.63, 3.8) is 0 Å². The Bertz CT molecular complexity index is 700. The Labute approximate surface area is 148 Å². The van der Waals surface area contributed by atoms with Gasteiger partial charge in [0.1, 0.15) is 0 Å². The number of carbonyl (C=O) groups is 1. The van der Waals surface area contributed by atoms with Crippen LogP contribution in [0, 0.1) is 0 Å². The molecule has 0 saturated carbocycles. The van der Waals surface area contributed by atoms with Gasteiger partial charge in [0.15, 0.2) is 0 Å². The predicted molar refractivity (Wildman–Crippen MR) is 96.8 cm³/mol. The highest BCUT2D eigenvalue weighted by atomic mass is 16.5. The number of ether oxygens (including phenoxy) is 2. The molecular weight excluding hydrogens is 314 g/mol. The molecule has 3 rings (SSSR count). The molecule has 1 aliphatic heterocycles. The number of nitrogens with zero attached hydrogens (tertiary/aromatic N) is 1. The van der Waals surface area contributed by atoms with Crippen molar-refractivity contribution in [2.75, 3.05) is 13.7 Å². The lowest BCUT2D eigenvalue weighted by molar-refractivity contribution is -0.133. The maximum Gasteiger partial charge on any atom is 0.246 e. The molecule has 25 heavy (non-hydrogen) atoms. The molecule has 0 aromatic heterocycles. The van der Waals surface area contributed by atoms with Crippen LogP contribution >= 0.6 is 0 Å². The van der Waals surface area contributed by atoms with Crippen LogP contribution in [0.25, 0.3) is 0 Å². The Kier molecular flexibility index (Phi) is 5.99. The molecule has 1 aliphatic rings. The van der Waals surface area contributed by atoms with Gasteiger partial charge < -0.3 is 14.4 Å². The summed E-state index contributed by atoms with van der Waals surface area (Å²) in [5.74, 6) is -0.0205. The van der Waals surface area contributed by atoms with Crippen LogP contribution in [-0.2, 0) is 27.5 Å². The molecule has 0 aliphatic carbocycles. The molecule has 130 valence electrons. The first-order chi connectivity index (χ1) is 12.2. The normalized spacial score (nSPS) is 20.0. The second kappa shape index (κ2) is 8.60. The smallest absolute Gasteiger partial charge is 0.246 e. The number of rotatable bonds is 7. The van der Waals surface area contributed by atoms with Crippen molar-refractivity contribution in [2.24, 2.45) is 0 Å². The maximum atomic E-state index is 12.0. The molecule has 0 N–H and O–H groups in total. The summed E-state index contributed by atoms with van der Waals surface area (Å²) in [6, 6.07) is 19.9. The second-order valence-corrected chi connectivity index (χ2v) is 6.14. The minimum absolute atomic E-state index is 0.0205. The summed E-state index contributed by atoms with van der Waals surface area (Å²) in [6.45, 7) is 1.46. The van der Waals surface area contributed by atoms with E-state index in [0.29, 0.717) is 19.8 Å². The average molecular weight is 337 g/mol. The summed E-state index contributed by atoms with van der Waals surface area (Å²) in [5.41, 5.74) is 2.23. The third kappa shape index (κ3) is 4.78. The number of hydrogen-bond donors (Lipinski definition) is 0. The molecule has 0 bridgehead atoms. The van der Waals surface area contributed by atoms with E-state index in [1.165, 1.54) is 0 Å². The molecule has 0 radical (unpaired) electrons. The summed E-state index contributed by atoms with van der Waals surface area (Å²) in [4.78, 5) is 13.7. The Hall–Kier alpha value is -2.43. The van der Waals surface area contributed by atoms with Crippen molar-refractivity contribution < 1.29 is 14.3 Å². The maximum absolute atomic E-state index is 12.0. The van der Waals surface area contributed by atoms with E-state index in [2.05, 4.69) is 0 Å². The highest BCUT2D eigenvalue weighted by Gasteiger charge is 2.30. The summed E-state index contributed by atoms with van der Waals surface area (Å²) >= 11 is 0. The van der Waals surface area contributed by atoms with Gasteiger partial charge >= 0.3 is 0 Å². The molecule has 2 aromatic carbocycles. The van der Waals surface area contributed by atoms with Crippen molar-refractivity contribution >= 4 is 5.91 Å². The quantitative estimate of drug-likeness (QED) is 0.779. The van der Waals surface area contributed by atoms with Crippen molar-refractivity contribution in [1.29, 1.82) is 0 Å². The summed E-state index contributed by atoms with van der Waals surface area (Å²) in [5, 5.41) is 0. The van der Waals surface area contributed by atoms with Gasteiger partial charge in [-0.15, -0.1) is 0 Å². The molecule has 0 fully saturated rings. The predicted octanol–water partition coefficient (Wildman–Crippen LogP) is 3.19. The van der Waals surface area contributed by atoms with Crippen LogP contribution in [0.1, 0.15) is 11.1 Å². The number of hydrogen-bond acceptors (Lipinski definition) is 3. The first-order valence-corrected chi connectivity index (χ1v) is 8.46. The summed E-state index contributed by atoms with van der Waals surface area (Å²) in [6.07, 6.45) is 3.23. The largest absolute Gasteiger partial charge is 0.375 e. The van der Waals surface area contributed by atoms with Gasteiger partial charge in [-0.2, -0.15) is 0 Å². The van der Waals surface area contributed by atoms with Gasteiger partial charge in [0, 0.05) is 13.1 Å². The molecule has 1 heterocycles. The molecule has 0 saturated heterocycles. The molecule has 4 nitrogen and oxygen atoms in total. The standard InChI is InChI=1S/C21H23NO3/c1-22-19(16-24-14-17-8-4-2-5-9-17)20(12-13-21(22)23)25-15-18-10-6-3-7-11-18/h2-13,19-20H,14-16H2,1H3/t19-,20-/m1/s1.